The predicted molar refractivity (Wildman–Crippen MR) is 89.8 cm³/mol. The number of amides is 1. The second-order valence-corrected chi connectivity index (χ2v) is 5.78. The number of hydrogen-bond acceptors (Lipinski definition) is 4. The number of nitrogens with zero attached hydrogens (tertiary/aromatic N) is 3. The van der Waals surface area contributed by atoms with Gasteiger partial charge in [-0.05, 0) is 36.8 Å². The summed E-state index contributed by atoms with van der Waals surface area (Å²) in [7, 11) is 1.67. The molecule has 0 spiro atoms. The monoisotopic (exact) mass is 320 g/mol. The fraction of sp³-hybridized carbons (Fsp3) is 0.235. The molecule has 1 saturated carbocycles. The maximum Gasteiger partial charge on any atom is 0.255 e. The number of fused-ring (bicyclic) bond motifs is 1. The van der Waals surface area contributed by atoms with Crippen molar-refractivity contribution in [3.8, 4) is 11.8 Å². The largest absolute Gasteiger partial charge is 0.371 e. The van der Waals surface area contributed by atoms with Crippen LogP contribution < -0.4 is 11.1 Å². The zero-order valence-corrected chi connectivity index (χ0v) is 13.1. The van der Waals surface area contributed by atoms with Gasteiger partial charge < -0.3 is 15.5 Å². The van der Waals surface area contributed by atoms with Gasteiger partial charge in [-0.15, -0.1) is 0 Å². The number of aromatic amines is 1. The first-order valence-corrected chi connectivity index (χ1v) is 7.72. The minimum Gasteiger partial charge on any atom is -0.371 e. The zero-order chi connectivity index (χ0) is 16.7. The molecule has 1 aliphatic carbocycles. The van der Waals surface area contributed by atoms with Crippen LogP contribution >= 0.6 is 0 Å². The topological polar surface area (TPSA) is 101 Å². The summed E-state index contributed by atoms with van der Waals surface area (Å²) in [6.45, 7) is 0. The lowest BCUT2D eigenvalue weighted by molar-refractivity contribution is 0.100. The van der Waals surface area contributed by atoms with E-state index in [1.54, 1.807) is 13.2 Å². The Balaban J connectivity index is 1.78. The molecule has 0 aromatic carbocycles. The molecule has 0 aliphatic heterocycles. The maximum atomic E-state index is 11.6. The van der Waals surface area contributed by atoms with E-state index in [9.17, 15) is 4.79 Å². The Bertz CT molecular complexity index is 999. The van der Waals surface area contributed by atoms with Crippen molar-refractivity contribution in [1.29, 1.82) is 0 Å². The van der Waals surface area contributed by atoms with Crippen molar-refractivity contribution in [3.05, 3.63) is 47.2 Å². The molecular formula is C17H16N6O. The lowest BCUT2D eigenvalue weighted by Gasteiger charge is -2.05. The third kappa shape index (κ3) is 2.29. The van der Waals surface area contributed by atoms with Crippen LogP contribution in [0.25, 0.3) is 5.52 Å². The summed E-state index contributed by atoms with van der Waals surface area (Å²) < 4.78 is 2.09. The average Bonchev–Trinajstić information content (AvgIpc) is 3.14. The highest BCUT2D eigenvalue weighted by Crippen LogP contribution is 2.40. The number of H-pyrrole nitrogens is 1. The molecule has 7 nitrogen and oxygen atoms in total. The standard InChI is InChI=1S/C17H16N6O/c1-19-17-15(16(18)24)12(21-22-17)6-4-11-5-7-13(10-2-3-10)23-9-20-8-14(11)23/h5,7-10H,2-3H2,1H3,(H2,18,24)(H2,19,21,22). The van der Waals surface area contributed by atoms with Gasteiger partial charge in [-0.3, -0.25) is 9.89 Å². The smallest absolute Gasteiger partial charge is 0.255 e. The number of primary amides is 1. The van der Waals surface area contributed by atoms with Gasteiger partial charge in [0.05, 0.1) is 23.6 Å². The Morgan fingerprint density at radius 2 is 2.25 bits per heavy atom. The van der Waals surface area contributed by atoms with Crippen molar-refractivity contribution in [2.45, 2.75) is 18.8 Å². The molecule has 0 saturated heterocycles. The lowest BCUT2D eigenvalue weighted by Crippen LogP contribution is -2.13. The van der Waals surface area contributed by atoms with Crippen molar-refractivity contribution in [3.63, 3.8) is 0 Å². The number of anilines is 1. The number of hydrogen-bond donors (Lipinski definition) is 3. The second kappa shape index (κ2) is 5.42. The van der Waals surface area contributed by atoms with E-state index in [1.165, 1.54) is 18.5 Å². The van der Waals surface area contributed by atoms with Crippen LogP contribution in [0.5, 0.6) is 0 Å². The van der Waals surface area contributed by atoms with E-state index < -0.39 is 5.91 Å². The van der Waals surface area contributed by atoms with Crippen molar-refractivity contribution in [2.75, 3.05) is 12.4 Å². The van der Waals surface area contributed by atoms with E-state index in [0.717, 1.165) is 11.1 Å². The summed E-state index contributed by atoms with van der Waals surface area (Å²) in [4.78, 5) is 15.9. The van der Waals surface area contributed by atoms with Gasteiger partial charge in [0, 0.05) is 12.7 Å². The summed E-state index contributed by atoms with van der Waals surface area (Å²) in [6.07, 6.45) is 6.07. The Labute approximate surface area is 138 Å². The van der Waals surface area contributed by atoms with E-state index in [2.05, 4.69) is 42.8 Å². The minimum absolute atomic E-state index is 0.268. The molecule has 120 valence electrons. The van der Waals surface area contributed by atoms with E-state index >= 15 is 0 Å². The van der Waals surface area contributed by atoms with E-state index in [-0.39, 0.29) is 5.56 Å². The number of pyridine rings is 1. The van der Waals surface area contributed by atoms with Crippen molar-refractivity contribution in [2.24, 2.45) is 5.73 Å². The first-order valence-electron chi connectivity index (χ1n) is 7.72. The first kappa shape index (κ1) is 14.3. The fourth-order valence-electron chi connectivity index (χ4n) is 2.84. The third-order valence-electron chi connectivity index (χ3n) is 4.18. The van der Waals surface area contributed by atoms with Crippen LogP contribution in [0.15, 0.2) is 24.7 Å². The van der Waals surface area contributed by atoms with Gasteiger partial charge in [-0.25, -0.2) is 4.98 Å². The van der Waals surface area contributed by atoms with Gasteiger partial charge in [-0.2, -0.15) is 5.10 Å². The second-order valence-electron chi connectivity index (χ2n) is 5.78. The molecule has 3 aromatic heterocycles. The van der Waals surface area contributed by atoms with Crippen LogP contribution in [0, 0.1) is 11.8 Å². The van der Waals surface area contributed by atoms with E-state index in [1.807, 2.05) is 12.4 Å². The molecule has 7 heteroatoms. The van der Waals surface area contributed by atoms with Crippen LogP contribution in [-0.4, -0.2) is 32.5 Å². The molecule has 24 heavy (non-hydrogen) atoms. The Morgan fingerprint density at radius 3 is 2.96 bits per heavy atom. The van der Waals surface area contributed by atoms with Gasteiger partial charge in [0.1, 0.15) is 11.3 Å². The molecule has 1 fully saturated rings. The highest BCUT2D eigenvalue weighted by atomic mass is 16.1. The quantitative estimate of drug-likeness (QED) is 0.636. The SMILES string of the molecule is CNc1n[nH]c(C#Cc2ccc(C3CC3)n3cncc23)c1C(N)=O. The highest BCUT2D eigenvalue weighted by molar-refractivity contribution is 5.99. The Kier molecular flexibility index (Phi) is 3.24. The summed E-state index contributed by atoms with van der Waals surface area (Å²) in [5, 5.41) is 9.58. The van der Waals surface area contributed by atoms with Crippen molar-refractivity contribution >= 4 is 17.2 Å². The van der Waals surface area contributed by atoms with Crippen molar-refractivity contribution in [1.82, 2.24) is 19.6 Å². The summed E-state index contributed by atoms with van der Waals surface area (Å²) >= 11 is 0. The van der Waals surface area contributed by atoms with Gasteiger partial charge in [0.2, 0.25) is 0 Å². The fourth-order valence-corrected chi connectivity index (χ4v) is 2.84. The summed E-state index contributed by atoms with van der Waals surface area (Å²) in [6, 6.07) is 4.09. The molecule has 4 N–H and O–H groups in total. The van der Waals surface area contributed by atoms with Crippen LogP contribution in [0.4, 0.5) is 5.82 Å². The Hall–Kier alpha value is -3.27. The average molecular weight is 320 g/mol. The van der Waals surface area contributed by atoms with E-state index in [4.69, 9.17) is 5.73 Å². The predicted octanol–water partition coefficient (Wildman–Crippen LogP) is 1.48. The highest BCUT2D eigenvalue weighted by Gasteiger charge is 2.26. The minimum atomic E-state index is -0.573. The third-order valence-corrected chi connectivity index (χ3v) is 4.18. The van der Waals surface area contributed by atoms with Crippen LogP contribution in [0.1, 0.15) is 46.1 Å². The van der Waals surface area contributed by atoms with Gasteiger partial charge in [0.25, 0.3) is 5.91 Å². The molecule has 4 rings (SSSR count). The van der Waals surface area contributed by atoms with Gasteiger partial charge in [0.15, 0.2) is 5.82 Å². The molecule has 0 atom stereocenters. The summed E-state index contributed by atoms with van der Waals surface area (Å²) in [5.41, 5.74) is 9.15. The number of carbonyl (C=O) groups is 1. The molecule has 1 aliphatic rings. The number of imidazole rings is 1. The molecule has 3 aromatic rings. The number of carbonyl (C=O) groups excluding carboxylic acids is 1. The van der Waals surface area contributed by atoms with Crippen LogP contribution in [0.3, 0.4) is 0 Å². The molecular weight excluding hydrogens is 304 g/mol. The van der Waals surface area contributed by atoms with Gasteiger partial charge in [-0.1, -0.05) is 5.92 Å². The van der Waals surface area contributed by atoms with Crippen LogP contribution in [-0.2, 0) is 0 Å². The van der Waals surface area contributed by atoms with Gasteiger partial charge >= 0.3 is 0 Å². The van der Waals surface area contributed by atoms with E-state index in [0.29, 0.717) is 17.4 Å². The molecule has 1 amide bonds. The lowest BCUT2D eigenvalue weighted by atomic mass is 10.1. The molecule has 0 unspecified atom stereocenters. The number of aromatic nitrogens is 4. The zero-order valence-electron chi connectivity index (χ0n) is 13.1. The number of rotatable bonds is 3. The normalized spacial score (nSPS) is 13.5. The maximum absolute atomic E-state index is 11.6. The molecule has 3 heterocycles. The summed E-state index contributed by atoms with van der Waals surface area (Å²) in [5.74, 6) is 6.50. The van der Waals surface area contributed by atoms with Crippen molar-refractivity contribution < 1.29 is 4.79 Å². The molecule has 0 radical (unpaired) electrons. The first-order chi connectivity index (χ1) is 11.7. The van der Waals surface area contributed by atoms with Crippen LogP contribution in [0.2, 0.25) is 0 Å². The molecule has 0 bridgehead atoms. The number of nitrogens with two attached hydrogens (primary N) is 1. The Morgan fingerprint density at radius 1 is 1.42 bits per heavy atom. The number of nitrogens with one attached hydrogen (secondary N) is 2.